The highest BCUT2D eigenvalue weighted by Gasteiger charge is 2.07. The van der Waals surface area contributed by atoms with Gasteiger partial charge in [0, 0.05) is 40.5 Å². The van der Waals surface area contributed by atoms with Crippen LogP contribution in [0.25, 0.3) is 0 Å². The van der Waals surface area contributed by atoms with Crippen LogP contribution in [-0.2, 0) is 21.3 Å². The molecule has 1 amide bonds. The van der Waals surface area contributed by atoms with Gasteiger partial charge < -0.3 is 10.1 Å². The summed E-state index contributed by atoms with van der Waals surface area (Å²) in [5, 5.41) is 6.52. The van der Waals surface area contributed by atoms with Gasteiger partial charge in [-0.3, -0.25) is 9.00 Å². The number of nitrogens with one attached hydrogen (secondary N) is 1. The minimum atomic E-state index is -0.957. The normalized spacial score (nSPS) is 12.0. The molecule has 1 atom stereocenters. The van der Waals surface area contributed by atoms with Crippen molar-refractivity contribution in [3.63, 3.8) is 0 Å². The first kappa shape index (κ1) is 15.9. The average molecular weight is 323 g/mol. The van der Waals surface area contributed by atoms with Crippen molar-refractivity contribution in [2.24, 2.45) is 0 Å². The first-order valence-electron chi connectivity index (χ1n) is 6.45. The molecule has 1 N–H and O–H groups in total. The van der Waals surface area contributed by atoms with E-state index in [0.29, 0.717) is 29.4 Å². The Balaban J connectivity index is 1.97. The summed E-state index contributed by atoms with van der Waals surface area (Å²) in [5.74, 6) is 0.849. The van der Waals surface area contributed by atoms with Crippen LogP contribution in [-0.4, -0.2) is 29.6 Å². The Morgan fingerprint density at radius 3 is 2.95 bits per heavy atom. The molecule has 2 rings (SSSR count). The van der Waals surface area contributed by atoms with Crippen LogP contribution in [0.1, 0.15) is 15.9 Å². The van der Waals surface area contributed by atoms with Gasteiger partial charge in [-0.15, -0.1) is 0 Å². The summed E-state index contributed by atoms with van der Waals surface area (Å²) in [7, 11) is 0.638. The fraction of sp³-hybridized carbons (Fsp3) is 0.267. The van der Waals surface area contributed by atoms with E-state index in [4.69, 9.17) is 4.74 Å². The summed E-state index contributed by atoms with van der Waals surface area (Å²) in [4.78, 5) is 12.0. The van der Waals surface area contributed by atoms with E-state index in [1.807, 2.05) is 29.6 Å². The molecular formula is C15H17NO3S2. The van der Waals surface area contributed by atoms with Crippen LogP contribution in [0.2, 0.25) is 0 Å². The molecular weight excluding hydrogens is 306 g/mol. The number of carbonyl (C=O) groups excluding carboxylic acids is 1. The highest BCUT2D eigenvalue weighted by molar-refractivity contribution is 7.84. The minimum absolute atomic E-state index is 0.131. The lowest BCUT2D eigenvalue weighted by atomic mass is 10.2. The molecule has 0 unspecified atom stereocenters. The van der Waals surface area contributed by atoms with Crippen LogP contribution in [0.3, 0.4) is 0 Å². The quantitative estimate of drug-likeness (QED) is 0.852. The first-order chi connectivity index (χ1) is 10.2. The Hall–Kier alpha value is -1.50. The molecule has 0 aliphatic rings. The summed E-state index contributed by atoms with van der Waals surface area (Å²) in [6, 6.07) is 9.22. The molecule has 1 heterocycles. The average Bonchev–Trinajstić information content (AvgIpc) is 3.00. The number of ether oxygens (including phenoxy) is 1. The maximum Gasteiger partial charge on any atom is 0.256 e. The van der Waals surface area contributed by atoms with Crippen molar-refractivity contribution in [1.29, 1.82) is 0 Å². The fourth-order valence-corrected chi connectivity index (χ4v) is 3.45. The fourth-order valence-electron chi connectivity index (χ4n) is 1.77. The number of rotatable bonds is 7. The van der Waals surface area contributed by atoms with Crippen molar-refractivity contribution in [3.05, 3.63) is 52.2 Å². The van der Waals surface area contributed by atoms with Gasteiger partial charge >= 0.3 is 0 Å². The number of hydrogen-bond donors (Lipinski definition) is 1. The van der Waals surface area contributed by atoms with Crippen molar-refractivity contribution in [2.75, 3.05) is 24.8 Å². The molecule has 0 fully saturated rings. The van der Waals surface area contributed by atoms with Gasteiger partial charge in [0.15, 0.2) is 0 Å². The van der Waals surface area contributed by atoms with Crippen LogP contribution < -0.4 is 5.32 Å². The van der Waals surface area contributed by atoms with Gasteiger partial charge in [0.2, 0.25) is 0 Å². The molecule has 112 valence electrons. The predicted octanol–water partition coefficient (Wildman–Crippen LogP) is 2.90. The standard InChI is InChI=1S/C15H17NO3S2/c1-19-6-8-21(18)11-12-3-2-4-14(9-12)16-15(17)13-5-7-20-10-13/h2-5,7,9-10H,6,8,11H2,1H3,(H,16,17)/t21-/m0/s1. The van der Waals surface area contributed by atoms with E-state index in [2.05, 4.69) is 5.32 Å². The molecule has 0 spiro atoms. The SMILES string of the molecule is COCC[S@](=O)Cc1cccc(NC(=O)c2ccsc2)c1. The third-order valence-electron chi connectivity index (χ3n) is 2.81. The van der Waals surface area contributed by atoms with Gasteiger partial charge in [0.1, 0.15) is 0 Å². The van der Waals surface area contributed by atoms with Crippen molar-refractivity contribution in [2.45, 2.75) is 5.75 Å². The van der Waals surface area contributed by atoms with Gasteiger partial charge in [-0.05, 0) is 29.1 Å². The number of benzene rings is 1. The molecule has 0 saturated carbocycles. The number of anilines is 1. The molecule has 2 aromatic rings. The lowest BCUT2D eigenvalue weighted by Crippen LogP contribution is -2.11. The highest BCUT2D eigenvalue weighted by Crippen LogP contribution is 2.15. The van der Waals surface area contributed by atoms with Crippen LogP contribution in [0, 0.1) is 0 Å². The van der Waals surface area contributed by atoms with Crippen molar-refractivity contribution in [1.82, 2.24) is 0 Å². The first-order valence-corrected chi connectivity index (χ1v) is 8.88. The maximum atomic E-state index is 12.0. The van der Waals surface area contributed by atoms with E-state index in [9.17, 15) is 9.00 Å². The zero-order chi connectivity index (χ0) is 15.1. The summed E-state index contributed by atoms with van der Waals surface area (Å²) in [6.07, 6.45) is 0. The highest BCUT2D eigenvalue weighted by atomic mass is 32.2. The Kier molecular flexibility index (Phi) is 6.10. The van der Waals surface area contributed by atoms with Gasteiger partial charge in [-0.1, -0.05) is 12.1 Å². The van der Waals surface area contributed by atoms with Crippen LogP contribution in [0.4, 0.5) is 5.69 Å². The summed E-state index contributed by atoms with van der Waals surface area (Å²) < 4.78 is 16.8. The molecule has 4 nitrogen and oxygen atoms in total. The zero-order valence-corrected chi connectivity index (χ0v) is 13.3. The third kappa shape index (κ3) is 5.08. The van der Waals surface area contributed by atoms with Gasteiger partial charge in [0.05, 0.1) is 12.2 Å². The predicted molar refractivity (Wildman–Crippen MR) is 87.3 cm³/mol. The van der Waals surface area contributed by atoms with E-state index < -0.39 is 10.8 Å². The Morgan fingerprint density at radius 2 is 2.24 bits per heavy atom. The second kappa shape index (κ2) is 8.07. The summed E-state index contributed by atoms with van der Waals surface area (Å²) >= 11 is 1.48. The van der Waals surface area contributed by atoms with E-state index in [1.54, 1.807) is 18.6 Å². The molecule has 6 heteroatoms. The van der Waals surface area contributed by atoms with E-state index in [1.165, 1.54) is 11.3 Å². The molecule has 0 saturated heterocycles. The van der Waals surface area contributed by atoms with Crippen molar-refractivity contribution < 1.29 is 13.7 Å². The van der Waals surface area contributed by atoms with Gasteiger partial charge in [0.25, 0.3) is 5.91 Å². The third-order valence-corrected chi connectivity index (χ3v) is 4.77. The minimum Gasteiger partial charge on any atom is -0.384 e. The number of carbonyl (C=O) groups is 1. The van der Waals surface area contributed by atoms with Gasteiger partial charge in [-0.25, -0.2) is 0 Å². The summed E-state index contributed by atoms with van der Waals surface area (Å²) in [6.45, 7) is 0.487. The topological polar surface area (TPSA) is 55.4 Å². The summed E-state index contributed by atoms with van der Waals surface area (Å²) in [5.41, 5.74) is 2.30. The number of thiophene rings is 1. The molecule has 21 heavy (non-hydrogen) atoms. The van der Waals surface area contributed by atoms with Crippen LogP contribution in [0.15, 0.2) is 41.1 Å². The van der Waals surface area contributed by atoms with Crippen LogP contribution >= 0.6 is 11.3 Å². The molecule has 0 bridgehead atoms. The molecule has 0 radical (unpaired) electrons. The van der Waals surface area contributed by atoms with Crippen molar-refractivity contribution >= 4 is 33.7 Å². The molecule has 1 aromatic carbocycles. The monoisotopic (exact) mass is 323 g/mol. The second-order valence-electron chi connectivity index (χ2n) is 4.45. The molecule has 0 aliphatic carbocycles. The number of amides is 1. The Bertz CT molecular complexity index is 611. The Morgan fingerprint density at radius 1 is 1.38 bits per heavy atom. The lowest BCUT2D eigenvalue weighted by Gasteiger charge is -2.07. The maximum absolute atomic E-state index is 12.0. The number of methoxy groups -OCH3 is 1. The molecule has 0 aliphatic heterocycles. The van der Waals surface area contributed by atoms with Crippen LogP contribution in [0.5, 0.6) is 0 Å². The largest absolute Gasteiger partial charge is 0.384 e. The molecule has 1 aromatic heterocycles. The second-order valence-corrected chi connectivity index (χ2v) is 6.80. The zero-order valence-electron chi connectivity index (χ0n) is 11.7. The van der Waals surface area contributed by atoms with E-state index in [-0.39, 0.29) is 5.91 Å². The van der Waals surface area contributed by atoms with Crippen molar-refractivity contribution in [3.8, 4) is 0 Å². The lowest BCUT2D eigenvalue weighted by molar-refractivity contribution is 0.102. The number of hydrogen-bond acceptors (Lipinski definition) is 4. The van der Waals surface area contributed by atoms with E-state index in [0.717, 1.165) is 5.56 Å². The van der Waals surface area contributed by atoms with E-state index >= 15 is 0 Å². The van der Waals surface area contributed by atoms with Gasteiger partial charge in [-0.2, -0.15) is 11.3 Å². The Labute approximate surface area is 130 Å². The smallest absolute Gasteiger partial charge is 0.256 e.